The fourth-order valence-corrected chi connectivity index (χ4v) is 3.66. The number of urea groups is 1. The first-order valence-electron chi connectivity index (χ1n) is 9.61. The Morgan fingerprint density at radius 1 is 1.36 bits per heavy atom. The number of carbonyl (C=O) groups is 1. The summed E-state index contributed by atoms with van der Waals surface area (Å²) in [6, 6.07) is 2.24. The molecule has 1 aromatic rings. The van der Waals surface area contributed by atoms with Crippen LogP contribution in [-0.2, 0) is 11.3 Å². The van der Waals surface area contributed by atoms with E-state index in [-0.39, 0.29) is 12.1 Å². The van der Waals surface area contributed by atoms with Crippen LogP contribution in [0.4, 0.5) is 4.79 Å². The second kappa shape index (κ2) is 9.20. The van der Waals surface area contributed by atoms with E-state index < -0.39 is 0 Å². The van der Waals surface area contributed by atoms with Crippen LogP contribution in [0.15, 0.2) is 18.5 Å². The summed E-state index contributed by atoms with van der Waals surface area (Å²) in [5, 5.41) is 7.40. The number of likely N-dealkylation sites (tertiary alicyclic amines) is 1. The number of likely N-dealkylation sites (N-methyl/N-ethyl adjacent to an activating group) is 1. The molecule has 1 atom stereocenters. The second-order valence-corrected chi connectivity index (χ2v) is 7.01. The van der Waals surface area contributed by atoms with Gasteiger partial charge in [-0.25, -0.2) is 4.79 Å². The number of hydrogen-bond acceptors (Lipinski definition) is 4. The van der Waals surface area contributed by atoms with Crippen LogP contribution >= 0.6 is 0 Å². The maximum atomic E-state index is 12.5. The van der Waals surface area contributed by atoms with E-state index in [1.54, 1.807) is 6.20 Å². The third-order valence-corrected chi connectivity index (χ3v) is 5.23. The van der Waals surface area contributed by atoms with Gasteiger partial charge < -0.3 is 19.9 Å². The number of nitrogens with one attached hydrogen (secondary N) is 1. The molecular formula is C18H31N5O2. The predicted octanol–water partition coefficient (Wildman–Crippen LogP) is 1.56. The van der Waals surface area contributed by atoms with Crippen molar-refractivity contribution in [2.24, 2.45) is 0 Å². The summed E-state index contributed by atoms with van der Waals surface area (Å²) in [5.74, 6) is 0. The van der Waals surface area contributed by atoms with Crippen LogP contribution in [0.1, 0.15) is 32.6 Å². The molecule has 2 saturated heterocycles. The molecule has 140 valence electrons. The molecule has 2 aliphatic heterocycles. The zero-order valence-electron chi connectivity index (χ0n) is 15.3. The topological polar surface area (TPSA) is 62.6 Å². The van der Waals surface area contributed by atoms with Crippen LogP contribution in [0.3, 0.4) is 0 Å². The normalized spacial score (nSPS) is 22.2. The van der Waals surface area contributed by atoms with E-state index in [0.717, 1.165) is 45.6 Å². The van der Waals surface area contributed by atoms with Crippen molar-refractivity contribution in [2.45, 2.75) is 51.3 Å². The molecule has 0 radical (unpaired) electrons. The molecular weight excluding hydrogens is 318 g/mol. The first-order chi connectivity index (χ1) is 12.2. The smallest absolute Gasteiger partial charge is 0.317 e. The lowest BCUT2D eigenvalue weighted by Crippen LogP contribution is -2.50. The van der Waals surface area contributed by atoms with Crippen LogP contribution in [0.5, 0.6) is 0 Å². The molecule has 0 spiro atoms. The van der Waals surface area contributed by atoms with Gasteiger partial charge in [0.25, 0.3) is 0 Å². The Morgan fingerprint density at radius 3 is 2.84 bits per heavy atom. The number of aromatic nitrogens is 2. The number of amides is 2. The Balaban J connectivity index is 1.37. The van der Waals surface area contributed by atoms with Crippen molar-refractivity contribution in [1.82, 2.24) is 24.9 Å². The van der Waals surface area contributed by atoms with Crippen LogP contribution in [0.2, 0.25) is 0 Å². The van der Waals surface area contributed by atoms with Gasteiger partial charge in [-0.2, -0.15) is 5.10 Å². The van der Waals surface area contributed by atoms with E-state index in [1.807, 2.05) is 28.8 Å². The molecule has 1 aromatic heterocycles. The Bertz CT molecular complexity index is 508. The second-order valence-electron chi connectivity index (χ2n) is 7.01. The third kappa shape index (κ3) is 5.44. The average Bonchev–Trinajstić information content (AvgIpc) is 3.31. The lowest BCUT2D eigenvalue weighted by Gasteiger charge is -2.34. The van der Waals surface area contributed by atoms with E-state index in [2.05, 4.69) is 15.3 Å². The van der Waals surface area contributed by atoms with Gasteiger partial charge in [0.15, 0.2) is 0 Å². The highest BCUT2D eigenvalue weighted by Crippen LogP contribution is 2.17. The van der Waals surface area contributed by atoms with Gasteiger partial charge in [0, 0.05) is 57.8 Å². The predicted molar refractivity (Wildman–Crippen MR) is 96.4 cm³/mol. The first-order valence-corrected chi connectivity index (χ1v) is 9.61. The highest BCUT2D eigenvalue weighted by Gasteiger charge is 2.25. The Kier molecular flexibility index (Phi) is 6.69. The van der Waals surface area contributed by atoms with Gasteiger partial charge in [-0.1, -0.05) is 0 Å². The van der Waals surface area contributed by atoms with Crippen molar-refractivity contribution in [3.8, 4) is 0 Å². The molecule has 2 fully saturated rings. The van der Waals surface area contributed by atoms with E-state index >= 15 is 0 Å². The van der Waals surface area contributed by atoms with Crippen LogP contribution in [0.25, 0.3) is 0 Å². The van der Waals surface area contributed by atoms with Gasteiger partial charge in [0.2, 0.25) is 0 Å². The lowest BCUT2D eigenvalue weighted by atomic mass is 10.0. The van der Waals surface area contributed by atoms with Crippen molar-refractivity contribution in [3.05, 3.63) is 18.5 Å². The minimum absolute atomic E-state index is 0.0484. The monoisotopic (exact) mass is 349 g/mol. The highest BCUT2D eigenvalue weighted by atomic mass is 16.5. The maximum absolute atomic E-state index is 12.5. The Hall–Kier alpha value is -1.60. The SMILES string of the molecule is CCN(CCn1cccn1)C(=O)NC1CCN(CC2CCCO2)CC1. The van der Waals surface area contributed by atoms with Gasteiger partial charge in [-0.3, -0.25) is 4.68 Å². The van der Waals surface area contributed by atoms with E-state index in [1.165, 1.54) is 12.8 Å². The summed E-state index contributed by atoms with van der Waals surface area (Å²) < 4.78 is 7.59. The molecule has 0 aliphatic carbocycles. The summed E-state index contributed by atoms with van der Waals surface area (Å²) in [7, 11) is 0. The summed E-state index contributed by atoms with van der Waals surface area (Å²) in [6.45, 7) is 8.20. The summed E-state index contributed by atoms with van der Waals surface area (Å²) in [5.41, 5.74) is 0. The zero-order valence-corrected chi connectivity index (χ0v) is 15.3. The number of carbonyl (C=O) groups excluding carboxylic acids is 1. The molecule has 7 nitrogen and oxygen atoms in total. The lowest BCUT2D eigenvalue weighted by molar-refractivity contribution is 0.0628. The zero-order chi connectivity index (χ0) is 17.5. The molecule has 2 amide bonds. The van der Waals surface area contributed by atoms with Gasteiger partial charge in [-0.15, -0.1) is 0 Å². The number of nitrogens with zero attached hydrogens (tertiary/aromatic N) is 4. The van der Waals surface area contributed by atoms with Crippen molar-refractivity contribution >= 4 is 6.03 Å². The van der Waals surface area contributed by atoms with E-state index in [9.17, 15) is 4.79 Å². The fourth-order valence-electron chi connectivity index (χ4n) is 3.66. The molecule has 1 unspecified atom stereocenters. The van der Waals surface area contributed by atoms with Crippen LogP contribution < -0.4 is 5.32 Å². The highest BCUT2D eigenvalue weighted by molar-refractivity contribution is 5.74. The van der Waals surface area contributed by atoms with Gasteiger partial charge in [-0.05, 0) is 38.7 Å². The molecule has 3 heterocycles. The largest absolute Gasteiger partial charge is 0.377 e. The Morgan fingerprint density at radius 2 is 2.20 bits per heavy atom. The standard InChI is InChI=1S/C18H31N5O2/c1-2-22(12-13-23-9-4-8-19-23)18(24)20-16-6-10-21(11-7-16)15-17-5-3-14-25-17/h4,8-9,16-17H,2-3,5-7,10-15H2,1H3,(H,20,24). The van der Waals surface area contributed by atoms with Crippen LogP contribution in [0, 0.1) is 0 Å². The molecule has 25 heavy (non-hydrogen) atoms. The summed E-state index contributed by atoms with van der Waals surface area (Å²) in [4.78, 5) is 16.9. The summed E-state index contributed by atoms with van der Waals surface area (Å²) in [6.07, 6.45) is 8.55. The molecule has 3 rings (SSSR count). The van der Waals surface area contributed by atoms with Crippen molar-refractivity contribution in [3.63, 3.8) is 0 Å². The third-order valence-electron chi connectivity index (χ3n) is 5.23. The van der Waals surface area contributed by atoms with Crippen LogP contribution in [-0.4, -0.2) is 77.1 Å². The van der Waals surface area contributed by atoms with Gasteiger partial charge in [0.1, 0.15) is 0 Å². The number of ether oxygens (including phenoxy) is 1. The molecule has 2 aliphatic rings. The van der Waals surface area contributed by atoms with Gasteiger partial charge >= 0.3 is 6.03 Å². The van der Waals surface area contributed by atoms with E-state index in [0.29, 0.717) is 19.2 Å². The molecule has 7 heteroatoms. The molecule has 0 bridgehead atoms. The quantitative estimate of drug-likeness (QED) is 0.811. The molecule has 0 saturated carbocycles. The van der Waals surface area contributed by atoms with E-state index in [4.69, 9.17) is 4.74 Å². The van der Waals surface area contributed by atoms with Gasteiger partial charge in [0.05, 0.1) is 12.6 Å². The minimum atomic E-state index is 0.0484. The molecule has 1 N–H and O–H groups in total. The number of hydrogen-bond donors (Lipinski definition) is 1. The van der Waals surface area contributed by atoms with Crippen molar-refractivity contribution in [2.75, 3.05) is 39.3 Å². The minimum Gasteiger partial charge on any atom is -0.377 e. The van der Waals surface area contributed by atoms with Crippen molar-refractivity contribution in [1.29, 1.82) is 0 Å². The summed E-state index contributed by atoms with van der Waals surface area (Å²) >= 11 is 0. The van der Waals surface area contributed by atoms with Crippen molar-refractivity contribution < 1.29 is 9.53 Å². The Labute approximate surface area is 150 Å². The average molecular weight is 349 g/mol. The first kappa shape index (κ1) is 18.2. The maximum Gasteiger partial charge on any atom is 0.317 e. The number of piperidine rings is 1. The number of rotatable bonds is 7. The molecule has 0 aromatic carbocycles. The fraction of sp³-hybridized carbons (Fsp3) is 0.778.